The number of nitrogens with zero attached hydrogens (tertiary/aromatic N) is 4. The molecule has 10 heteroatoms. The maximum Gasteiger partial charge on any atom is 2.00 e. The van der Waals surface area contributed by atoms with Gasteiger partial charge >= 0.3 is 34.1 Å². The maximum absolute atomic E-state index is 11.5. The summed E-state index contributed by atoms with van der Waals surface area (Å²) in [7, 11) is 0. The molecule has 0 heterocycles. The summed E-state index contributed by atoms with van der Waals surface area (Å²) in [5.41, 5.74) is 2.58. The molecule has 0 fully saturated rings. The molecule has 0 spiro atoms. The van der Waals surface area contributed by atoms with E-state index in [9.17, 15) is 20.4 Å². The van der Waals surface area contributed by atoms with E-state index < -0.39 is 0 Å². The summed E-state index contributed by atoms with van der Waals surface area (Å²) in [5, 5.41) is 45.9. The first-order valence-corrected chi connectivity index (χ1v) is 16.6. The van der Waals surface area contributed by atoms with Crippen molar-refractivity contribution in [3.8, 4) is 23.0 Å². The summed E-state index contributed by atoms with van der Waals surface area (Å²) < 4.78 is 0. The van der Waals surface area contributed by atoms with Gasteiger partial charge in [0.15, 0.2) is 0 Å². The Morgan fingerprint density at radius 1 is 0.320 bits per heavy atom. The zero-order chi connectivity index (χ0) is 34.1. The van der Waals surface area contributed by atoms with E-state index in [1.807, 2.05) is 24.3 Å². The van der Waals surface area contributed by atoms with Crippen LogP contribution in [0.3, 0.4) is 0 Å². The normalized spacial score (nSPS) is 11.0. The molecule has 0 unspecified atom stereocenters. The quantitative estimate of drug-likeness (QED) is 0.0710. The van der Waals surface area contributed by atoms with Gasteiger partial charge in [0.05, 0.1) is 0 Å². The van der Waals surface area contributed by atoms with Gasteiger partial charge in [0.2, 0.25) is 0 Å². The molecule has 0 aliphatic heterocycles. The molecule has 4 rings (SSSR count). The Labute approximate surface area is 317 Å². The van der Waals surface area contributed by atoms with E-state index in [1.54, 1.807) is 97.7 Å². The Morgan fingerprint density at radius 2 is 0.520 bits per heavy atom. The molecule has 0 aromatic heterocycles. The van der Waals surface area contributed by atoms with E-state index in [2.05, 4.69) is 20.0 Å². The summed E-state index contributed by atoms with van der Waals surface area (Å²) in [5.74, 6) is 0.0510. The van der Waals surface area contributed by atoms with E-state index in [1.165, 1.54) is 0 Å². The Morgan fingerprint density at radius 3 is 0.720 bits per heavy atom. The number of unbranched alkanes of at least 4 members (excludes halogenated alkanes) is 6. The Bertz CT molecular complexity index is 1370. The third-order valence-electron chi connectivity index (χ3n) is 7.25. The molecule has 8 nitrogen and oxygen atoms in total. The van der Waals surface area contributed by atoms with Crippen molar-refractivity contribution < 1.29 is 54.6 Å². The largest absolute Gasteiger partial charge is 2.00 e. The fraction of sp³-hybridized carbons (Fsp3) is 0.300. The molecule has 0 aliphatic carbocycles. The molecule has 270 valence electrons. The van der Waals surface area contributed by atoms with Crippen LogP contribution in [-0.4, -0.2) is 51.0 Å². The number of benzene rings is 4. The average Bonchev–Trinajstić information content (AvgIpc) is 3.10. The van der Waals surface area contributed by atoms with Crippen molar-refractivity contribution >= 4 is 24.9 Å². The van der Waals surface area contributed by atoms with Crippen molar-refractivity contribution in [3.63, 3.8) is 0 Å². The fourth-order valence-corrected chi connectivity index (χ4v) is 4.52. The molecule has 4 aromatic rings. The molecule has 0 amide bonds. The molecule has 0 aliphatic rings. The number of aliphatic imine (C=N–C) groups is 4. The Balaban J connectivity index is 0.000000481. The topological polar surface area (TPSA) is 142 Å². The summed E-state index contributed by atoms with van der Waals surface area (Å²) in [4.78, 5) is 17.2. The first-order valence-electron chi connectivity index (χ1n) is 16.6. The second-order valence-electron chi connectivity index (χ2n) is 11.1. The van der Waals surface area contributed by atoms with Gasteiger partial charge in [-0.2, -0.15) is 0 Å². The Hall–Kier alpha value is -4.20. The molecule has 0 saturated heterocycles. The predicted molar refractivity (Wildman–Crippen MR) is 190 cm³/mol. The second-order valence-corrected chi connectivity index (χ2v) is 11.1. The minimum Gasteiger partial charge on any atom is -0.872 e. The van der Waals surface area contributed by atoms with Gasteiger partial charge in [0.25, 0.3) is 0 Å². The van der Waals surface area contributed by atoms with Gasteiger partial charge in [-0.15, -0.1) is 23.0 Å². The zero-order valence-corrected chi connectivity index (χ0v) is 29.9. The van der Waals surface area contributed by atoms with Crippen LogP contribution in [0.2, 0.25) is 0 Å². The van der Waals surface area contributed by atoms with Crippen molar-refractivity contribution in [2.24, 2.45) is 20.0 Å². The number of para-hydroxylation sites is 4. The Kier molecular flexibility index (Phi) is 24.2. The van der Waals surface area contributed by atoms with Crippen LogP contribution in [0.1, 0.15) is 73.6 Å². The van der Waals surface area contributed by atoms with Crippen LogP contribution in [0.5, 0.6) is 23.0 Å². The van der Waals surface area contributed by atoms with Crippen LogP contribution in [0.25, 0.3) is 0 Å². The summed E-state index contributed by atoms with van der Waals surface area (Å²) in [6, 6.07) is 27.6. The number of hydrogen-bond donors (Lipinski definition) is 0. The maximum atomic E-state index is 11.5. The van der Waals surface area contributed by atoms with Gasteiger partial charge < -0.3 is 20.4 Å². The zero-order valence-electron chi connectivity index (χ0n) is 28.1. The molecule has 0 bridgehead atoms. The fourth-order valence-electron chi connectivity index (χ4n) is 4.52. The number of rotatable bonds is 18. The molecule has 50 heavy (non-hydrogen) atoms. The summed E-state index contributed by atoms with van der Waals surface area (Å²) in [6.45, 7) is 2.95. The monoisotopic (exact) mass is 770 g/mol. The molecular weight excluding hydrogens is 728 g/mol. The van der Waals surface area contributed by atoms with Gasteiger partial charge in [-0.25, -0.2) is 0 Å². The molecule has 4 aromatic carbocycles. The van der Waals surface area contributed by atoms with Crippen LogP contribution in [-0.2, 0) is 34.1 Å². The van der Waals surface area contributed by atoms with Crippen LogP contribution in [0.4, 0.5) is 0 Å². The van der Waals surface area contributed by atoms with Gasteiger partial charge in [-0.3, -0.25) is 20.0 Å². The molecular formula is C40H44Cu2N4O4. The van der Waals surface area contributed by atoms with Crippen LogP contribution < -0.4 is 20.4 Å². The first-order chi connectivity index (χ1) is 23.5. The number of hydrogen-bond acceptors (Lipinski definition) is 8. The van der Waals surface area contributed by atoms with Crippen molar-refractivity contribution in [2.75, 3.05) is 26.2 Å². The van der Waals surface area contributed by atoms with Gasteiger partial charge in [0, 0.05) is 51.0 Å². The van der Waals surface area contributed by atoms with Crippen molar-refractivity contribution in [3.05, 3.63) is 119 Å². The van der Waals surface area contributed by atoms with Gasteiger partial charge in [-0.1, -0.05) is 123 Å². The van der Waals surface area contributed by atoms with Gasteiger partial charge in [0.1, 0.15) is 0 Å². The average molecular weight is 772 g/mol. The summed E-state index contributed by atoms with van der Waals surface area (Å²) >= 11 is 0. The third kappa shape index (κ3) is 18.5. The molecule has 0 N–H and O–H groups in total. The smallest absolute Gasteiger partial charge is 0.872 e. The second kappa shape index (κ2) is 27.6. The predicted octanol–water partition coefficient (Wildman–Crippen LogP) is 5.86. The first kappa shape index (κ1) is 43.8. The van der Waals surface area contributed by atoms with E-state index >= 15 is 0 Å². The van der Waals surface area contributed by atoms with Gasteiger partial charge in [-0.05, 0) is 47.9 Å². The summed E-state index contributed by atoms with van der Waals surface area (Å²) in [6.07, 6.45) is 15.0. The van der Waals surface area contributed by atoms with E-state index in [-0.39, 0.29) is 57.1 Å². The minimum absolute atomic E-state index is 0. The van der Waals surface area contributed by atoms with E-state index in [0.717, 1.165) is 77.5 Å². The molecule has 0 atom stereocenters. The molecule has 0 saturated carbocycles. The SMILES string of the molecule is [Cu+2].[Cu+2].[O-]c1ccccc1C=NCCCCCCN=Cc1ccccc1[O-].[O-]c1ccccc1C=NCCCCCCN=Cc1ccccc1[O-]. The van der Waals surface area contributed by atoms with Crippen LogP contribution in [0, 0.1) is 0 Å². The minimum atomic E-state index is 0. The standard InChI is InChI=1S/2C20H24N2O2.2Cu/c2*23-19-11-5-3-9-17(19)15-21-13-7-1-2-8-14-22-16-18-10-4-6-12-20(18)24;;/h2*3-6,9-12,15-16,23-24H,1-2,7-8,13-14H2;;/q;;2*+2/p-4. The van der Waals surface area contributed by atoms with Crippen molar-refractivity contribution in [2.45, 2.75) is 51.4 Å². The third-order valence-corrected chi connectivity index (χ3v) is 7.25. The van der Waals surface area contributed by atoms with E-state index in [0.29, 0.717) is 22.3 Å². The van der Waals surface area contributed by atoms with Crippen molar-refractivity contribution in [1.29, 1.82) is 0 Å². The molecule has 2 radical (unpaired) electrons. The van der Waals surface area contributed by atoms with Crippen molar-refractivity contribution in [1.82, 2.24) is 0 Å². The van der Waals surface area contributed by atoms with Crippen LogP contribution in [0.15, 0.2) is 117 Å². The van der Waals surface area contributed by atoms with E-state index in [4.69, 9.17) is 0 Å². The van der Waals surface area contributed by atoms with Crippen LogP contribution >= 0.6 is 0 Å².